The van der Waals surface area contributed by atoms with Crippen LogP contribution in [0.25, 0.3) is 10.8 Å². The first-order valence-electron chi connectivity index (χ1n) is 3.62. The second kappa shape index (κ2) is 2.85. The van der Waals surface area contributed by atoms with Crippen LogP contribution < -0.4 is 0 Å². The molecule has 0 saturated heterocycles. The monoisotopic (exact) mass is 197 g/mol. The predicted octanol–water partition coefficient (Wildman–Crippen LogP) is 2.73. The van der Waals surface area contributed by atoms with Crippen molar-refractivity contribution in [2.24, 2.45) is 0 Å². The molecule has 4 heteroatoms. The molecule has 0 saturated carbocycles. The number of pyridine rings is 1. The number of hydrogen-bond acceptors (Lipinski definition) is 2. The molecule has 0 aliphatic rings. The average molecular weight is 198 g/mol. The third-order valence-corrected chi connectivity index (χ3v) is 2.14. The molecule has 2 rings (SSSR count). The topological polar surface area (TPSA) is 33.1 Å². The maximum Gasteiger partial charge on any atom is 0.255 e. The van der Waals surface area contributed by atoms with E-state index in [1.165, 1.54) is 6.20 Å². The van der Waals surface area contributed by atoms with Crippen molar-refractivity contribution >= 4 is 22.4 Å². The van der Waals surface area contributed by atoms with Crippen LogP contribution in [0.15, 0.2) is 24.4 Å². The number of halogens is 2. The van der Waals surface area contributed by atoms with E-state index in [0.717, 1.165) is 0 Å². The van der Waals surface area contributed by atoms with Gasteiger partial charge in [0.15, 0.2) is 5.75 Å². The van der Waals surface area contributed by atoms with Gasteiger partial charge in [-0.15, -0.1) is 0 Å². The summed E-state index contributed by atoms with van der Waals surface area (Å²) < 4.78 is 12.8. The summed E-state index contributed by atoms with van der Waals surface area (Å²) >= 11 is 5.81. The third kappa shape index (κ3) is 1.21. The smallest absolute Gasteiger partial charge is 0.255 e. The highest BCUT2D eigenvalue weighted by atomic mass is 35.5. The second-order valence-corrected chi connectivity index (χ2v) is 3.01. The lowest BCUT2D eigenvalue weighted by molar-refractivity contribution is 0.425. The van der Waals surface area contributed by atoms with Crippen molar-refractivity contribution in [1.29, 1.82) is 0 Å². The van der Waals surface area contributed by atoms with E-state index in [1.54, 1.807) is 18.2 Å². The number of fused-ring (bicyclic) bond motifs is 1. The Kier molecular flexibility index (Phi) is 1.81. The van der Waals surface area contributed by atoms with Crippen molar-refractivity contribution in [3.63, 3.8) is 0 Å². The van der Waals surface area contributed by atoms with Gasteiger partial charge in [-0.25, -0.2) is 4.98 Å². The number of nitrogens with zero attached hydrogens (tertiary/aromatic N) is 1. The first-order chi connectivity index (χ1) is 6.20. The van der Waals surface area contributed by atoms with Crippen LogP contribution in [-0.4, -0.2) is 10.1 Å². The first kappa shape index (κ1) is 8.26. The molecule has 0 aliphatic heterocycles. The lowest BCUT2D eigenvalue weighted by atomic mass is 10.1. The van der Waals surface area contributed by atoms with Gasteiger partial charge in [-0.2, -0.15) is 4.39 Å². The SMILES string of the molecule is Oc1c(F)ncc2c(Cl)cccc12. The molecular formula is C9H5ClFNO. The zero-order valence-corrected chi connectivity index (χ0v) is 7.22. The van der Waals surface area contributed by atoms with Crippen molar-refractivity contribution in [2.45, 2.75) is 0 Å². The molecule has 0 bridgehead atoms. The van der Waals surface area contributed by atoms with Crippen molar-refractivity contribution in [1.82, 2.24) is 4.98 Å². The molecule has 1 aromatic carbocycles. The van der Waals surface area contributed by atoms with Gasteiger partial charge in [0.25, 0.3) is 5.95 Å². The third-order valence-electron chi connectivity index (χ3n) is 1.81. The van der Waals surface area contributed by atoms with Gasteiger partial charge < -0.3 is 5.11 Å². The van der Waals surface area contributed by atoms with E-state index < -0.39 is 11.7 Å². The normalized spacial score (nSPS) is 10.6. The van der Waals surface area contributed by atoms with E-state index in [1.807, 2.05) is 0 Å². The highest BCUT2D eigenvalue weighted by molar-refractivity contribution is 6.35. The summed E-state index contributed by atoms with van der Waals surface area (Å²) in [4.78, 5) is 3.37. The number of aromatic hydroxyl groups is 1. The quantitative estimate of drug-likeness (QED) is 0.659. The minimum absolute atomic E-state index is 0.375. The summed E-state index contributed by atoms with van der Waals surface area (Å²) in [5.74, 6) is -1.34. The van der Waals surface area contributed by atoms with E-state index in [0.29, 0.717) is 15.8 Å². The summed E-state index contributed by atoms with van der Waals surface area (Å²) in [6.45, 7) is 0. The Hall–Kier alpha value is -1.35. The molecule has 1 N–H and O–H groups in total. The Labute approximate surface area is 78.6 Å². The molecule has 0 aliphatic carbocycles. The maximum atomic E-state index is 12.8. The Bertz CT molecular complexity index is 472. The van der Waals surface area contributed by atoms with E-state index in [4.69, 9.17) is 11.6 Å². The van der Waals surface area contributed by atoms with Crippen LogP contribution in [0.3, 0.4) is 0 Å². The van der Waals surface area contributed by atoms with Crippen molar-refractivity contribution in [3.05, 3.63) is 35.4 Å². The minimum atomic E-state index is -0.880. The maximum absolute atomic E-state index is 12.8. The number of hydrogen-bond donors (Lipinski definition) is 1. The van der Waals surface area contributed by atoms with Crippen LogP contribution in [0, 0.1) is 5.95 Å². The van der Waals surface area contributed by atoms with Gasteiger partial charge in [-0.1, -0.05) is 23.7 Å². The van der Waals surface area contributed by atoms with Crippen LogP contribution in [0.4, 0.5) is 4.39 Å². The molecule has 13 heavy (non-hydrogen) atoms. The fourth-order valence-electron chi connectivity index (χ4n) is 1.17. The van der Waals surface area contributed by atoms with Crippen LogP contribution in [-0.2, 0) is 0 Å². The first-order valence-corrected chi connectivity index (χ1v) is 3.99. The second-order valence-electron chi connectivity index (χ2n) is 2.60. The summed E-state index contributed by atoms with van der Waals surface area (Å²) in [5, 5.41) is 10.7. The van der Waals surface area contributed by atoms with Crippen molar-refractivity contribution < 1.29 is 9.50 Å². The van der Waals surface area contributed by atoms with E-state index in [-0.39, 0.29) is 0 Å². The molecule has 0 fully saturated rings. The molecule has 1 aromatic heterocycles. The summed E-state index contributed by atoms with van der Waals surface area (Å²) in [6, 6.07) is 4.88. The fraction of sp³-hybridized carbons (Fsp3) is 0. The van der Waals surface area contributed by atoms with E-state index >= 15 is 0 Å². The molecule has 0 unspecified atom stereocenters. The molecule has 2 nitrogen and oxygen atoms in total. The van der Waals surface area contributed by atoms with Gasteiger partial charge in [-0.3, -0.25) is 0 Å². The molecule has 0 atom stereocenters. The van der Waals surface area contributed by atoms with Gasteiger partial charge in [0.1, 0.15) is 0 Å². The summed E-state index contributed by atoms with van der Waals surface area (Å²) in [6.07, 6.45) is 1.30. The van der Waals surface area contributed by atoms with Gasteiger partial charge >= 0.3 is 0 Å². The Morgan fingerprint density at radius 3 is 2.85 bits per heavy atom. The van der Waals surface area contributed by atoms with Crippen molar-refractivity contribution in [2.75, 3.05) is 0 Å². The van der Waals surface area contributed by atoms with Crippen LogP contribution in [0.2, 0.25) is 5.02 Å². The van der Waals surface area contributed by atoms with Gasteiger partial charge in [-0.05, 0) is 6.07 Å². The predicted molar refractivity (Wildman–Crippen MR) is 48.4 cm³/mol. The van der Waals surface area contributed by atoms with Gasteiger partial charge in [0, 0.05) is 17.0 Å². The zero-order valence-electron chi connectivity index (χ0n) is 6.46. The Morgan fingerprint density at radius 1 is 1.31 bits per heavy atom. The van der Waals surface area contributed by atoms with Crippen LogP contribution >= 0.6 is 11.6 Å². The largest absolute Gasteiger partial charge is 0.503 e. The van der Waals surface area contributed by atoms with E-state index in [9.17, 15) is 9.50 Å². The Morgan fingerprint density at radius 2 is 2.08 bits per heavy atom. The lowest BCUT2D eigenvalue weighted by Crippen LogP contribution is -1.85. The fourth-order valence-corrected chi connectivity index (χ4v) is 1.39. The highest BCUT2D eigenvalue weighted by Gasteiger charge is 2.08. The number of rotatable bonds is 0. The molecular weight excluding hydrogens is 193 g/mol. The Balaban J connectivity index is 2.94. The molecule has 1 heterocycles. The highest BCUT2D eigenvalue weighted by Crippen LogP contribution is 2.30. The standard InChI is InChI=1S/C9H5ClFNO/c10-7-3-1-2-5-6(7)4-12-9(11)8(5)13/h1-4,13H. The molecule has 2 aromatic rings. The average Bonchev–Trinajstić information content (AvgIpc) is 2.12. The molecule has 0 spiro atoms. The molecule has 0 radical (unpaired) electrons. The zero-order chi connectivity index (χ0) is 9.42. The van der Waals surface area contributed by atoms with Crippen molar-refractivity contribution in [3.8, 4) is 5.75 Å². The number of aromatic nitrogens is 1. The van der Waals surface area contributed by atoms with Gasteiger partial charge in [0.2, 0.25) is 0 Å². The van der Waals surface area contributed by atoms with Crippen LogP contribution in [0.1, 0.15) is 0 Å². The van der Waals surface area contributed by atoms with Crippen LogP contribution in [0.5, 0.6) is 5.75 Å². The minimum Gasteiger partial charge on any atom is -0.503 e. The summed E-state index contributed by atoms with van der Waals surface area (Å²) in [5.41, 5.74) is 0. The van der Waals surface area contributed by atoms with E-state index in [2.05, 4.69) is 4.98 Å². The molecule has 66 valence electrons. The van der Waals surface area contributed by atoms with Gasteiger partial charge in [0.05, 0.1) is 5.02 Å². The molecule has 0 amide bonds. The number of benzene rings is 1. The summed E-state index contributed by atoms with van der Waals surface area (Å²) in [7, 11) is 0. The lowest BCUT2D eigenvalue weighted by Gasteiger charge is -2.01.